The molecule has 0 aliphatic carbocycles. The molecule has 1 aliphatic rings. The van der Waals surface area contributed by atoms with Crippen LogP contribution in [0.5, 0.6) is 0 Å². The van der Waals surface area contributed by atoms with Crippen molar-refractivity contribution < 1.29 is 8.42 Å². The molecule has 0 atom stereocenters. The summed E-state index contributed by atoms with van der Waals surface area (Å²) < 4.78 is 26.1. The Morgan fingerprint density at radius 2 is 1.88 bits per heavy atom. The van der Waals surface area contributed by atoms with Gasteiger partial charge in [0.2, 0.25) is 10.0 Å². The molecule has 1 saturated heterocycles. The van der Waals surface area contributed by atoms with Gasteiger partial charge in [0.05, 0.1) is 5.02 Å². The Labute approximate surface area is 111 Å². The Morgan fingerprint density at radius 3 is 2.47 bits per heavy atom. The van der Waals surface area contributed by atoms with E-state index >= 15 is 0 Å². The van der Waals surface area contributed by atoms with Gasteiger partial charge in [-0.3, -0.25) is 0 Å². The van der Waals surface area contributed by atoms with Crippen molar-refractivity contribution in [2.75, 3.05) is 13.1 Å². The molecule has 0 unspecified atom stereocenters. The first-order valence-electron chi connectivity index (χ1n) is 5.40. The molecular formula is C11H13Cl2NO2S. The largest absolute Gasteiger partial charge is 0.244 e. The third-order valence-electron chi connectivity index (χ3n) is 2.83. The van der Waals surface area contributed by atoms with Crippen LogP contribution < -0.4 is 0 Å². The van der Waals surface area contributed by atoms with Crippen molar-refractivity contribution >= 4 is 33.2 Å². The lowest BCUT2D eigenvalue weighted by molar-refractivity contribution is 0.477. The molecule has 1 fully saturated rings. The van der Waals surface area contributed by atoms with Crippen LogP contribution in [0.3, 0.4) is 0 Å². The number of sulfonamides is 1. The molecule has 3 nitrogen and oxygen atoms in total. The molecule has 0 spiro atoms. The highest BCUT2D eigenvalue weighted by Gasteiger charge is 2.29. The highest BCUT2D eigenvalue weighted by molar-refractivity contribution is 7.89. The lowest BCUT2D eigenvalue weighted by Crippen LogP contribution is -2.28. The molecule has 1 heterocycles. The van der Waals surface area contributed by atoms with Crippen LogP contribution in [0, 0.1) is 0 Å². The van der Waals surface area contributed by atoms with E-state index in [0.29, 0.717) is 13.1 Å². The Bertz CT molecular complexity index is 510. The first-order chi connectivity index (χ1) is 8.05. The third kappa shape index (κ3) is 2.60. The second kappa shape index (κ2) is 5.14. The smallest absolute Gasteiger partial charge is 0.207 e. The maximum absolute atomic E-state index is 12.3. The lowest BCUT2D eigenvalue weighted by atomic mass is 10.2. The number of alkyl halides is 1. The van der Waals surface area contributed by atoms with Crippen LogP contribution in [-0.4, -0.2) is 25.8 Å². The number of rotatable bonds is 3. The van der Waals surface area contributed by atoms with Gasteiger partial charge in [0.1, 0.15) is 4.90 Å². The van der Waals surface area contributed by atoms with Gasteiger partial charge in [0.15, 0.2) is 0 Å². The van der Waals surface area contributed by atoms with E-state index in [0.717, 1.165) is 18.4 Å². The van der Waals surface area contributed by atoms with Gasteiger partial charge in [-0.05, 0) is 30.5 Å². The van der Waals surface area contributed by atoms with Crippen molar-refractivity contribution in [3.8, 4) is 0 Å². The van der Waals surface area contributed by atoms with Gasteiger partial charge in [-0.2, -0.15) is 4.31 Å². The van der Waals surface area contributed by atoms with E-state index in [1.807, 2.05) is 0 Å². The van der Waals surface area contributed by atoms with Crippen molar-refractivity contribution in [2.24, 2.45) is 0 Å². The summed E-state index contributed by atoms with van der Waals surface area (Å²) in [6.45, 7) is 1.15. The Hall–Kier alpha value is -0.290. The van der Waals surface area contributed by atoms with E-state index in [2.05, 4.69) is 0 Å². The third-order valence-corrected chi connectivity index (χ3v) is 5.52. The van der Waals surface area contributed by atoms with Gasteiger partial charge in [0, 0.05) is 19.0 Å². The quantitative estimate of drug-likeness (QED) is 0.804. The maximum Gasteiger partial charge on any atom is 0.244 e. The van der Waals surface area contributed by atoms with Crippen molar-refractivity contribution in [1.82, 2.24) is 4.31 Å². The molecule has 0 bridgehead atoms. The molecule has 0 radical (unpaired) electrons. The fourth-order valence-electron chi connectivity index (χ4n) is 1.90. The Balaban J connectivity index is 2.44. The van der Waals surface area contributed by atoms with Crippen molar-refractivity contribution in [1.29, 1.82) is 0 Å². The second-order valence-electron chi connectivity index (χ2n) is 4.01. The Kier molecular flexibility index (Phi) is 3.98. The monoisotopic (exact) mass is 293 g/mol. The number of nitrogens with zero attached hydrogens (tertiary/aromatic N) is 1. The lowest BCUT2D eigenvalue weighted by Gasteiger charge is -2.16. The van der Waals surface area contributed by atoms with Gasteiger partial charge < -0.3 is 0 Å². The van der Waals surface area contributed by atoms with Crippen LogP contribution in [0.1, 0.15) is 18.4 Å². The van der Waals surface area contributed by atoms with Crippen molar-refractivity contribution in [3.05, 3.63) is 28.8 Å². The summed E-state index contributed by atoms with van der Waals surface area (Å²) in [5, 5.41) is 0.255. The van der Waals surface area contributed by atoms with Crippen molar-refractivity contribution in [2.45, 2.75) is 23.6 Å². The van der Waals surface area contributed by atoms with Gasteiger partial charge in [-0.1, -0.05) is 17.7 Å². The van der Waals surface area contributed by atoms with Crippen molar-refractivity contribution in [3.63, 3.8) is 0 Å². The molecule has 0 aromatic heterocycles. The molecule has 1 aromatic rings. The summed E-state index contributed by atoms with van der Waals surface area (Å²) in [6.07, 6.45) is 1.82. The van der Waals surface area contributed by atoms with E-state index in [1.165, 1.54) is 4.31 Å². The molecule has 1 aliphatic heterocycles. The average Bonchev–Trinajstić information content (AvgIpc) is 2.83. The van der Waals surface area contributed by atoms with Gasteiger partial charge in [0.25, 0.3) is 0 Å². The molecule has 94 valence electrons. The van der Waals surface area contributed by atoms with Crippen LogP contribution in [0.4, 0.5) is 0 Å². The molecule has 2 rings (SSSR count). The van der Waals surface area contributed by atoms with E-state index in [1.54, 1.807) is 18.2 Å². The molecular weight excluding hydrogens is 281 g/mol. The van der Waals surface area contributed by atoms with Gasteiger partial charge in [-0.15, -0.1) is 11.6 Å². The predicted octanol–water partition coefficient (Wildman–Crippen LogP) is 2.86. The fraction of sp³-hybridized carbons (Fsp3) is 0.455. The SMILES string of the molecule is O=S(=O)(c1cc(CCl)ccc1Cl)N1CCCC1. The minimum Gasteiger partial charge on any atom is -0.207 e. The standard InChI is InChI=1S/C11H13Cl2NO2S/c12-8-9-3-4-10(13)11(7-9)17(15,16)14-5-1-2-6-14/h3-4,7H,1-2,5-6,8H2. The second-order valence-corrected chi connectivity index (χ2v) is 6.59. The zero-order valence-electron chi connectivity index (χ0n) is 9.20. The maximum atomic E-state index is 12.3. The summed E-state index contributed by atoms with van der Waals surface area (Å²) in [4.78, 5) is 0.166. The summed E-state index contributed by atoms with van der Waals surface area (Å²) in [5.74, 6) is 0.277. The molecule has 17 heavy (non-hydrogen) atoms. The molecule has 0 saturated carbocycles. The topological polar surface area (TPSA) is 37.4 Å². The van der Waals surface area contributed by atoms with Crippen LogP contribution in [0.2, 0.25) is 5.02 Å². The minimum atomic E-state index is -3.46. The van der Waals surface area contributed by atoms with E-state index < -0.39 is 10.0 Å². The predicted molar refractivity (Wildman–Crippen MR) is 69.0 cm³/mol. The molecule has 1 aromatic carbocycles. The summed E-state index contributed by atoms with van der Waals surface area (Å²) in [7, 11) is -3.46. The van der Waals surface area contributed by atoms with Gasteiger partial charge in [-0.25, -0.2) is 8.42 Å². The highest BCUT2D eigenvalue weighted by Crippen LogP contribution is 2.28. The fourth-order valence-corrected chi connectivity index (χ4v) is 4.10. The summed E-state index contributed by atoms with van der Waals surface area (Å²) in [6, 6.07) is 4.88. The van der Waals surface area contributed by atoms with E-state index in [9.17, 15) is 8.42 Å². The number of benzene rings is 1. The van der Waals surface area contributed by atoms with E-state index in [-0.39, 0.29) is 15.8 Å². The summed E-state index contributed by atoms with van der Waals surface area (Å²) >= 11 is 11.7. The first kappa shape index (κ1) is 13.1. The Morgan fingerprint density at radius 1 is 1.24 bits per heavy atom. The molecule has 6 heteroatoms. The van der Waals surface area contributed by atoms with Gasteiger partial charge >= 0.3 is 0 Å². The van der Waals surface area contributed by atoms with Crippen LogP contribution in [0.25, 0.3) is 0 Å². The van der Waals surface area contributed by atoms with E-state index in [4.69, 9.17) is 23.2 Å². The normalized spacial score (nSPS) is 17.5. The number of halogens is 2. The minimum absolute atomic E-state index is 0.166. The summed E-state index contributed by atoms with van der Waals surface area (Å²) in [5.41, 5.74) is 0.758. The van der Waals surface area contributed by atoms with Crippen LogP contribution in [-0.2, 0) is 15.9 Å². The highest BCUT2D eigenvalue weighted by atomic mass is 35.5. The average molecular weight is 294 g/mol. The molecule has 0 N–H and O–H groups in total. The molecule has 0 amide bonds. The van der Waals surface area contributed by atoms with Crippen LogP contribution in [0.15, 0.2) is 23.1 Å². The zero-order chi connectivity index (χ0) is 12.5. The van der Waals surface area contributed by atoms with Crippen LogP contribution >= 0.6 is 23.2 Å². The number of hydrogen-bond acceptors (Lipinski definition) is 2. The first-order valence-corrected chi connectivity index (χ1v) is 7.75. The number of hydrogen-bond donors (Lipinski definition) is 0. The zero-order valence-corrected chi connectivity index (χ0v) is 11.5.